The molecule has 0 fully saturated rings. The molecule has 0 spiro atoms. The Balaban J connectivity index is 2.44. The Labute approximate surface area is 110 Å². The minimum Gasteiger partial charge on any atom is -0.494 e. The molecule has 2 N–H and O–H groups in total. The van der Waals surface area contributed by atoms with Gasteiger partial charge in [0.15, 0.2) is 17.3 Å². The van der Waals surface area contributed by atoms with E-state index in [1.165, 1.54) is 19.2 Å². The zero-order valence-corrected chi connectivity index (χ0v) is 10.7. The molecule has 0 radical (unpaired) electrons. The van der Waals surface area contributed by atoms with E-state index in [-0.39, 0.29) is 17.1 Å². The molecule has 3 nitrogen and oxygen atoms in total. The summed E-state index contributed by atoms with van der Waals surface area (Å²) in [5.74, 6) is -0.768. The lowest BCUT2D eigenvalue weighted by atomic mass is 10.00. The fourth-order valence-electron chi connectivity index (χ4n) is 1.83. The van der Waals surface area contributed by atoms with Gasteiger partial charge in [-0.25, -0.2) is 4.39 Å². The predicted octanol–water partition coefficient (Wildman–Crippen LogP) is 2.96. The van der Waals surface area contributed by atoms with Crippen LogP contribution in [0.25, 0.3) is 0 Å². The lowest BCUT2D eigenvalue weighted by Crippen LogP contribution is -2.06. The van der Waals surface area contributed by atoms with E-state index in [2.05, 4.69) is 0 Å². The van der Waals surface area contributed by atoms with Crippen LogP contribution in [0.4, 0.5) is 10.1 Å². The van der Waals surface area contributed by atoms with Crippen LogP contribution in [0.2, 0.25) is 0 Å². The number of methoxy groups -OCH3 is 1. The zero-order valence-electron chi connectivity index (χ0n) is 10.7. The van der Waals surface area contributed by atoms with Crippen molar-refractivity contribution in [2.75, 3.05) is 12.8 Å². The molecule has 0 heterocycles. The van der Waals surface area contributed by atoms with Crippen molar-refractivity contribution in [1.82, 2.24) is 0 Å². The second kappa shape index (κ2) is 5.10. The Morgan fingerprint density at radius 2 is 1.95 bits per heavy atom. The number of anilines is 1. The Morgan fingerprint density at radius 1 is 1.21 bits per heavy atom. The number of hydrogen-bond donors (Lipinski definition) is 1. The third-order valence-corrected chi connectivity index (χ3v) is 2.87. The van der Waals surface area contributed by atoms with Crippen molar-refractivity contribution in [3.8, 4) is 5.75 Å². The standard InChI is InChI=1S/C15H14FNO2/c1-9-3-5-13(17)11(7-9)15(18)10-4-6-14(19-2)12(16)8-10/h3-8H,17H2,1-2H3. The van der Waals surface area contributed by atoms with E-state index in [1.807, 2.05) is 13.0 Å². The van der Waals surface area contributed by atoms with Gasteiger partial charge in [0.1, 0.15) is 0 Å². The summed E-state index contributed by atoms with van der Waals surface area (Å²) >= 11 is 0. The number of carbonyl (C=O) groups is 1. The summed E-state index contributed by atoms with van der Waals surface area (Å²) in [5, 5.41) is 0. The van der Waals surface area contributed by atoms with Gasteiger partial charge in [-0.2, -0.15) is 0 Å². The summed E-state index contributed by atoms with van der Waals surface area (Å²) in [4.78, 5) is 12.3. The maximum absolute atomic E-state index is 13.6. The van der Waals surface area contributed by atoms with Gasteiger partial charge >= 0.3 is 0 Å². The van der Waals surface area contributed by atoms with Crippen LogP contribution in [0.1, 0.15) is 21.5 Å². The van der Waals surface area contributed by atoms with Crippen LogP contribution in [0.15, 0.2) is 36.4 Å². The van der Waals surface area contributed by atoms with Crippen LogP contribution in [0.5, 0.6) is 5.75 Å². The van der Waals surface area contributed by atoms with Gasteiger partial charge in [0, 0.05) is 16.8 Å². The molecule has 0 aliphatic carbocycles. The average molecular weight is 259 g/mol. The van der Waals surface area contributed by atoms with Crippen LogP contribution in [-0.4, -0.2) is 12.9 Å². The molecule has 0 aromatic heterocycles. The first kappa shape index (κ1) is 13.1. The van der Waals surface area contributed by atoms with E-state index < -0.39 is 5.82 Å². The number of hydrogen-bond acceptors (Lipinski definition) is 3. The molecule has 0 saturated heterocycles. The SMILES string of the molecule is COc1ccc(C(=O)c2cc(C)ccc2N)cc1F. The quantitative estimate of drug-likeness (QED) is 0.681. The second-order valence-electron chi connectivity index (χ2n) is 4.27. The summed E-state index contributed by atoms with van der Waals surface area (Å²) in [6, 6.07) is 9.28. The van der Waals surface area contributed by atoms with E-state index in [9.17, 15) is 9.18 Å². The number of nitrogens with two attached hydrogens (primary N) is 1. The molecule has 4 heteroatoms. The van der Waals surface area contributed by atoms with Crippen LogP contribution < -0.4 is 10.5 Å². The van der Waals surface area contributed by atoms with Crippen molar-refractivity contribution in [2.24, 2.45) is 0 Å². The van der Waals surface area contributed by atoms with Crippen molar-refractivity contribution in [2.45, 2.75) is 6.92 Å². The Kier molecular flexibility index (Phi) is 3.51. The highest BCUT2D eigenvalue weighted by Crippen LogP contribution is 2.22. The van der Waals surface area contributed by atoms with Crippen LogP contribution in [0.3, 0.4) is 0 Å². The number of halogens is 1. The smallest absolute Gasteiger partial charge is 0.195 e. The molecule has 2 aromatic rings. The van der Waals surface area contributed by atoms with Gasteiger partial charge in [0.25, 0.3) is 0 Å². The average Bonchev–Trinajstić information content (AvgIpc) is 2.40. The lowest BCUT2D eigenvalue weighted by molar-refractivity contribution is 0.103. The van der Waals surface area contributed by atoms with Gasteiger partial charge in [-0.15, -0.1) is 0 Å². The van der Waals surface area contributed by atoms with Crippen molar-refractivity contribution in [1.29, 1.82) is 0 Å². The number of nitrogen functional groups attached to an aromatic ring is 1. The Morgan fingerprint density at radius 3 is 2.58 bits per heavy atom. The monoisotopic (exact) mass is 259 g/mol. The summed E-state index contributed by atoms with van der Waals surface area (Å²) in [5.41, 5.74) is 7.71. The van der Waals surface area contributed by atoms with Crippen molar-refractivity contribution >= 4 is 11.5 Å². The first-order valence-electron chi connectivity index (χ1n) is 5.77. The summed E-state index contributed by atoms with van der Waals surface area (Å²) in [7, 11) is 1.37. The Bertz CT molecular complexity index is 638. The van der Waals surface area contributed by atoms with E-state index in [0.717, 1.165) is 11.6 Å². The van der Waals surface area contributed by atoms with Gasteiger partial charge in [-0.3, -0.25) is 4.79 Å². The van der Waals surface area contributed by atoms with Crippen molar-refractivity contribution < 1.29 is 13.9 Å². The van der Waals surface area contributed by atoms with E-state index in [1.54, 1.807) is 12.1 Å². The van der Waals surface area contributed by atoms with Crippen molar-refractivity contribution in [3.63, 3.8) is 0 Å². The molecule has 0 saturated carbocycles. The number of aryl methyl sites for hydroxylation is 1. The molecule has 0 aliphatic rings. The highest BCUT2D eigenvalue weighted by Gasteiger charge is 2.14. The predicted molar refractivity (Wildman–Crippen MR) is 72.0 cm³/mol. The van der Waals surface area contributed by atoms with Gasteiger partial charge in [0.05, 0.1) is 7.11 Å². The summed E-state index contributed by atoms with van der Waals surface area (Å²) < 4.78 is 18.4. The van der Waals surface area contributed by atoms with E-state index in [0.29, 0.717) is 11.3 Å². The Hall–Kier alpha value is -2.36. The van der Waals surface area contributed by atoms with Crippen LogP contribution in [0, 0.1) is 12.7 Å². The second-order valence-corrected chi connectivity index (χ2v) is 4.27. The molecular weight excluding hydrogens is 245 g/mol. The van der Waals surface area contributed by atoms with Gasteiger partial charge in [-0.05, 0) is 37.3 Å². The molecule has 0 aliphatic heterocycles. The lowest BCUT2D eigenvalue weighted by Gasteiger charge is -2.07. The minimum atomic E-state index is -0.570. The first-order valence-corrected chi connectivity index (χ1v) is 5.77. The fourth-order valence-corrected chi connectivity index (χ4v) is 1.83. The topological polar surface area (TPSA) is 52.3 Å². The van der Waals surface area contributed by atoms with Gasteiger partial charge < -0.3 is 10.5 Å². The molecule has 0 unspecified atom stereocenters. The third kappa shape index (κ3) is 2.57. The number of benzene rings is 2. The maximum atomic E-state index is 13.6. The highest BCUT2D eigenvalue weighted by molar-refractivity contribution is 6.12. The fraction of sp³-hybridized carbons (Fsp3) is 0.133. The van der Waals surface area contributed by atoms with Crippen molar-refractivity contribution in [3.05, 3.63) is 58.9 Å². The molecule has 2 rings (SSSR count). The number of carbonyl (C=O) groups excluding carboxylic acids is 1. The summed E-state index contributed by atoms with van der Waals surface area (Å²) in [6.07, 6.45) is 0. The summed E-state index contributed by atoms with van der Waals surface area (Å²) in [6.45, 7) is 1.87. The molecule has 0 bridgehead atoms. The minimum absolute atomic E-state index is 0.105. The largest absolute Gasteiger partial charge is 0.494 e. The van der Waals surface area contributed by atoms with E-state index >= 15 is 0 Å². The highest BCUT2D eigenvalue weighted by atomic mass is 19.1. The first-order chi connectivity index (χ1) is 9.02. The van der Waals surface area contributed by atoms with Gasteiger partial charge in [-0.1, -0.05) is 11.6 Å². The molecule has 0 atom stereocenters. The van der Waals surface area contributed by atoms with Crippen LogP contribution >= 0.6 is 0 Å². The van der Waals surface area contributed by atoms with E-state index in [4.69, 9.17) is 10.5 Å². The van der Waals surface area contributed by atoms with Gasteiger partial charge in [0.2, 0.25) is 0 Å². The van der Waals surface area contributed by atoms with Crippen LogP contribution in [-0.2, 0) is 0 Å². The number of ketones is 1. The number of rotatable bonds is 3. The molecule has 0 amide bonds. The third-order valence-electron chi connectivity index (χ3n) is 2.87. The molecule has 19 heavy (non-hydrogen) atoms. The molecule has 2 aromatic carbocycles. The molecular formula is C15H14FNO2. The molecule has 98 valence electrons. The maximum Gasteiger partial charge on any atom is 0.195 e. The zero-order chi connectivity index (χ0) is 14.0. The normalized spacial score (nSPS) is 10.3. The number of ether oxygens (including phenoxy) is 1.